The number of ketones is 1. The van der Waals surface area contributed by atoms with Crippen molar-refractivity contribution in [2.24, 2.45) is 0 Å². The predicted molar refractivity (Wildman–Crippen MR) is 113 cm³/mol. The van der Waals surface area contributed by atoms with Gasteiger partial charge in [-0.05, 0) is 42.2 Å². The standard InChI is InChI=1S/C19H19NO4.2C2H6/c1-24-14-10-8-13(9-11-14)18(19(22)23)20-15-6-2-4-12-5-3-7-16(21)17(12)15;2*1-2/h2,4,6,8-11,18,20H,3,5,7H2,1H3,(H,22,23);2*1-2H3. The second kappa shape index (κ2) is 11.8. The van der Waals surface area contributed by atoms with E-state index in [1.165, 1.54) is 0 Å². The summed E-state index contributed by atoms with van der Waals surface area (Å²) in [7, 11) is 1.56. The summed E-state index contributed by atoms with van der Waals surface area (Å²) < 4.78 is 5.10. The number of aliphatic carboxylic acids is 1. The van der Waals surface area contributed by atoms with Crippen LogP contribution in [0.1, 0.15) is 68.1 Å². The van der Waals surface area contributed by atoms with Crippen molar-refractivity contribution in [3.63, 3.8) is 0 Å². The predicted octanol–water partition coefficient (Wildman–Crippen LogP) is 5.50. The number of Topliss-reactive ketones (excluding diaryl/α,β-unsaturated/α-hetero) is 1. The molecular formula is C23H31NO4. The minimum atomic E-state index is -0.999. The van der Waals surface area contributed by atoms with E-state index in [4.69, 9.17) is 4.74 Å². The van der Waals surface area contributed by atoms with Crippen LogP contribution in [0.25, 0.3) is 0 Å². The number of methoxy groups -OCH3 is 1. The molecule has 2 N–H and O–H groups in total. The Labute approximate surface area is 167 Å². The summed E-state index contributed by atoms with van der Waals surface area (Å²) in [6.45, 7) is 8.00. The fraction of sp³-hybridized carbons (Fsp3) is 0.391. The zero-order valence-electron chi connectivity index (χ0n) is 17.4. The molecule has 0 radical (unpaired) electrons. The monoisotopic (exact) mass is 385 g/mol. The summed E-state index contributed by atoms with van der Waals surface area (Å²) in [6, 6.07) is 11.5. The zero-order chi connectivity index (χ0) is 21.1. The number of hydrogen-bond acceptors (Lipinski definition) is 4. The molecule has 3 rings (SSSR count). The first-order valence-electron chi connectivity index (χ1n) is 9.88. The van der Waals surface area contributed by atoms with E-state index in [1.807, 2.05) is 39.8 Å². The topological polar surface area (TPSA) is 75.6 Å². The molecular weight excluding hydrogens is 354 g/mol. The highest BCUT2D eigenvalue weighted by molar-refractivity contribution is 6.04. The number of fused-ring (bicyclic) bond motifs is 1. The van der Waals surface area contributed by atoms with Gasteiger partial charge in [-0.25, -0.2) is 4.79 Å². The van der Waals surface area contributed by atoms with Crippen molar-refractivity contribution in [3.8, 4) is 5.75 Å². The highest BCUT2D eigenvalue weighted by Crippen LogP contribution is 2.31. The first-order valence-corrected chi connectivity index (χ1v) is 9.88. The number of benzene rings is 2. The third kappa shape index (κ3) is 5.59. The van der Waals surface area contributed by atoms with Gasteiger partial charge in [0.1, 0.15) is 5.75 Å². The van der Waals surface area contributed by atoms with Gasteiger partial charge in [-0.15, -0.1) is 0 Å². The van der Waals surface area contributed by atoms with Crippen LogP contribution in [-0.4, -0.2) is 24.0 Å². The Kier molecular flexibility index (Phi) is 9.79. The maximum atomic E-state index is 12.3. The largest absolute Gasteiger partial charge is 0.497 e. The first-order chi connectivity index (χ1) is 13.6. The van der Waals surface area contributed by atoms with Crippen LogP contribution in [0.2, 0.25) is 0 Å². The van der Waals surface area contributed by atoms with E-state index in [2.05, 4.69) is 5.32 Å². The average Bonchev–Trinajstić information content (AvgIpc) is 2.75. The molecule has 28 heavy (non-hydrogen) atoms. The number of aryl methyl sites for hydroxylation is 1. The number of rotatable bonds is 5. The van der Waals surface area contributed by atoms with Crippen LogP contribution >= 0.6 is 0 Å². The number of hydrogen-bond donors (Lipinski definition) is 2. The number of carbonyl (C=O) groups is 2. The second-order valence-electron chi connectivity index (χ2n) is 5.81. The molecule has 0 saturated heterocycles. The van der Waals surface area contributed by atoms with Crippen molar-refractivity contribution in [1.29, 1.82) is 0 Å². The Morgan fingerprint density at radius 3 is 2.25 bits per heavy atom. The highest BCUT2D eigenvalue weighted by Gasteiger charge is 2.25. The smallest absolute Gasteiger partial charge is 0.330 e. The molecule has 1 aliphatic carbocycles. The van der Waals surface area contributed by atoms with Gasteiger partial charge in [0.25, 0.3) is 0 Å². The lowest BCUT2D eigenvalue weighted by Gasteiger charge is -2.22. The molecule has 152 valence electrons. The number of carboxylic acids is 1. The molecule has 0 aromatic heterocycles. The van der Waals surface area contributed by atoms with E-state index in [1.54, 1.807) is 37.4 Å². The van der Waals surface area contributed by atoms with Crippen LogP contribution in [-0.2, 0) is 11.2 Å². The van der Waals surface area contributed by atoms with Gasteiger partial charge in [0.05, 0.1) is 7.11 Å². The Morgan fingerprint density at radius 1 is 1.04 bits per heavy atom. The lowest BCUT2D eigenvalue weighted by Crippen LogP contribution is -2.23. The molecule has 0 bridgehead atoms. The maximum absolute atomic E-state index is 12.3. The lowest BCUT2D eigenvalue weighted by molar-refractivity contribution is -0.138. The second-order valence-corrected chi connectivity index (χ2v) is 5.81. The van der Waals surface area contributed by atoms with Crippen molar-refractivity contribution >= 4 is 17.4 Å². The molecule has 1 aliphatic rings. The fourth-order valence-electron chi connectivity index (χ4n) is 3.06. The number of carboxylic acid groups (broad SMARTS) is 1. The van der Waals surface area contributed by atoms with E-state index >= 15 is 0 Å². The summed E-state index contributed by atoms with van der Waals surface area (Å²) in [6.07, 6.45) is 2.19. The molecule has 0 spiro atoms. The molecule has 0 heterocycles. The molecule has 1 atom stereocenters. The van der Waals surface area contributed by atoms with Crippen LogP contribution in [0.15, 0.2) is 42.5 Å². The van der Waals surface area contributed by atoms with Gasteiger partial charge < -0.3 is 15.2 Å². The van der Waals surface area contributed by atoms with E-state index in [-0.39, 0.29) is 5.78 Å². The van der Waals surface area contributed by atoms with Crippen molar-refractivity contribution in [2.45, 2.75) is 53.0 Å². The van der Waals surface area contributed by atoms with Gasteiger partial charge in [0.2, 0.25) is 0 Å². The quantitative estimate of drug-likeness (QED) is 0.710. The minimum Gasteiger partial charge on any atom is -0.497 e. The molecule has 1 unspecified atom stereocenters. The number of carbonyl (C=O) groups excluding carboxylic acids is 1. The third-order valence-corrected chi connectivity index (χ3v) is 4.28. The molecule has 5 nitrogen and oxygen atoms in total. The number of anilines is 1. The zero-order valence-corrected chi connectivity index (χ0v) is 17.4. The van der Waals surface area contributed by atoms with Crippen LogP contribution < -0.4 is 10.1 Å². The van der Waals surface area contributed by atoms with E-state index in [0.717, 1.165) is 18.4 Å². The fourth-order valence-corrected chi connectivity index (χ4v) is 3.06. The van der Waals surface area contributed by atoms with Crippen molar-refractivity contribution < 1.29 is 19.4 Å². The Hall–Kier alpha value is -2.82. The summed E-state index contributed by atoms with van der Waals surface area (Å²) in [5.74, 6) is -0.269. The highest BCUT2D eigenvalue weighted by atomic mass is 16.5. The van der Waals surface area contributed by atoms with Crippen LogP contribution in [0.3, 0.4) is 0 Å². The van der Waals surface area contributed by atoms with Gasteiger partial charge in [0, 0.05) is 17.7 Å². The van der Waals surface area contributed by atoms with Gasteiger partial charge in [-0.3, -0.25) is 4.79 Å². The van der Waals surface area contributed by atoms with Crippen LogP contribution in [0.4, 0.5) is 5.69 Å². The first kappa shape index (κ1) is 23.2. The Bertz CT molecular complexity index is 769. The SMILES string of the molecule is CC.CC.COc1ccc(C(Nc2cccc3c2C(=O)CCC3)C(=O)O)cc1. The summed E-state index contributed by atoms with van der Waals surface area (Å²) in [4.78, 5) is 24.0. The van der Waals surface area contributed by atoms with Gasteiger partial charge >= 0.3 is 5.97 Å². The average molecular weight is 386 g/mol. The van der Waals surface area contributed by atoms with Crippen molar-refractivity contribution in [1.82, 2.24) is 0 Å². The number of ether oxygens (including phenoxy) is 1. The lowest BCUT2D eigenvalue weighted by atomic mass is 9.89. The molecule has 0 saturated carbocycles. The molecule has 2 aromatic carbocycles. The van der Waals surface area contributed by atoms with Crippen LogP contribution in [0, 0.1) is 0 Å². The van der Waals surface area contributed by atoms with Gasteiger partial charge in [-0.1, -0.05) is 52.0 Å². The molecule has 2 aromatic rings. The Balaban J connectivity index is 0.000000921. The van der Waals surface area contributed by atoms with E-state index in [0.29, 0.717) is 29.0 Å². The number of nitrogens with one attached hydrogen (secondary N) is 1. The molecule has 0 fully saturated rings. The molecule has 5 heteroatoms. The summed E-state index contributed by atoms with van der Waals surface area (Å²) in [5, 5.41) is 12.6. The van der Waals surface area contributed by atoms with E-state index in [9.17, 15) is 14.7 Å². The normalized spacial score (nSPS) is 13.0. The van der Waals surface area contributed by atoms with Crippen molar-refractivity contribution in [3.05, 3.63) is 59.2 Å². The van der Waals surface area contributed by atoms with Gasteiger partial charge in [-0.2, -0.15) is 0 Å². The Morgan fingerprint density at radius 2 is 1.68 bits per heavy atom. The van der Waals surface area contributed by atoms with Gasteiger partial charge in [0.15, 0.2) is 11.8 Å². The summed E-state index contributed by atoms with van der Waals surface area (Å²) in [5.41, 5.74) is 2.79. The van der Waals surface area contributed by atoms with Crippen molar-refractivity contribution in [2.75, 3.05) is 12.4 Å². The van der Waals surface area contributed by atoms with E-state index < -0.39 is 12.0 Å². The van der Waals surface area contributed by atoms with Crippen LogP contribution in [0.5, 0.6) is 5.75 Å². The minimum absolute atomic E-state index is 0.0678. The maximum Gasteiger partial charge on any atom is 0.330 e. The molecule has 0 aliphatic heterocycles. The third-order valence-electron chi connectivity index (χ3n) is 4.28. The molecule has 0 amide bonds. The summed E-state index contributed by atoms with van der Waals surface area (Å²) >= 11 is 0.